The molecule has 0 aliphatic rings. The summed E-state index contributed by atoms with van der Waals surface area (Å²) in [6, 6.07) is 0. The van der Waals surface area contributed by atoms with Crippen molar-refractivity contribution in [2.45, 2.75) is 46.4 Å². The normalized spacial score (nSPS) is 13.5. The summed E-state index contributed by atoms with van der Waals surface area (Å²) in [7, 11) is -4.10. The van der Waals surface area contributed by atoms with Gasteiger partial charge in [0.1, 0.15) is 5.69 Å². The molecular weight excluding hydrogens is 304 g/mol. The lowest BCUT2D eigenvalue weighted by Gasteiger charge is -2.30. The SMILES string of the molecule is C#CCN(C(=O)C(C)C(C)(C)C)S(=O)(=O)c1c(C)noc1C. The maximum absolute atomic E-state index is 12.8. The third kappa shape index (κ3) is 3.33. The second-order valence-corrected chi connectivity index (χ2v) is 8.09. The van der Waals surface area contributed by atoms with Gasteiger partial charge in [0.25, 0.3) is 10.0 Å². The first kappa shape index (κ1) is 18.2. The first-order chi connectivity index (χ1) is 9.94. The van der Waals surface area contributed by atoms with Gasteiger partial charge in [-0.25, -0.2) is 12.7 Å². The molecule has 1 heterocycles. The highest BCUT2D eigenvalue weighted by Crippen LogP contribution is 2.30. The first-order valence-electron chi connectivity index (χ1n) is 6.87. The molecule has 0 spiro atoms. The zero-order valence-corrected chi connectivity index (χ0v) is 14.6. The fraction of sp³-hybridized carbons (Fsp3) is 0.600. The van der Waals surface area contributed by atoms with Crippen LogP contribution >= 0.6 is 0 Å². The maximum Gasteiger partial charge on any atom is 0.272 e. The smallest absolute Gasteiger partial charge is 0.272 e. The van der Waals surface area contributed by atoms with Crippen LogP contribution < -0.4 is 0 Å². The molecule has 0 bridgehead atoms. The summed E-state index contributed by atoms with van der Waals surface area (Å²) in [5.41, 5.74) is -0.186. The molecule has 122 valence electrons. The predicted octanol–water partition coefficient (Wildman–Crippen LogP) is 2.12. The Morgan fingerprint density at radius 1 is 1.41 bits per heavy atom. The van der Waals surface area contributed by atoms with E-state index >= 15 is 0 Å². The Labute approximate surface area is 131 Å². The molecule has 6 nitrogen and oxygen atoms in total. The average molecular weight is 326 g/mol. The summed E-state index contributed by atoms with van der Waals surface area (Å²) in [6.45, 7) is 9.96. The number of hydrogen-bond donors (Lipinski definition) is 0. The van der Waals surface area contributed by atoms with Gasteiger partial charge in [-0.1, -0.05) is 38.8 Å². The molecule has 1 unspecified atom stereocenters. The van der Waals surface area contributed by atoms with Gasteiger partial charge in [0.05, 0.1) is 6.54 Å². The number of terminal acetylenes is 1. The third-order valence-corrected chi connectivity index (χ3v) is 5.65. The van der Waals surface area contributed by atoms with Gasteiger partial charge in [-0.2, -0.15) is 0 Å². The number of aryl methyl sites for hydroxylation is 2. The number of carbonyl (C=O) groups excluding carboxylic acids is 1. The standard InChI is InChI=1S/C15H22N2O4S/c1-8-9-17(14(18)10(2)15(5,6)7)22(19,20)13-11(3)16-21-12(13)4/h1,10H,9H2,2-7H3. The Morgan fingerprint density at radius 3 is 2.32 bits per heavy atom. The van der Waals surface area contributed by atoms with E-state index in [2.05, 4.69) is 11.1 Å². The molecule has 1 aromatic heterocycles. The Bertz CT molecular complexity index is 685. The molecule has 0 aliphatic carbocycles. The molecular formula is C15H22N2O4S. The lowest BCUT2D eigenvalue weighted by molar-refractivity contribution is -0.132. The van der Waals surface area contributed by atoms with Crippen molar-refractivity contribution in [2.24, 2.45) is 11.3 Å². The Balaban J connectivity index is 3.38. The third-order valence-electron chi connectivity index (χ3n) is 3.67. The van der Waals surface area contributed by atoms with Gasteiger partial charge in [-0.05, 0) is 19.3 Å². The van der Waals surface area contributed by atoms with Crippen molar-refractivity contribution in [1.29, 1.82) is 0 Å². The van der Waals surface area contributed by atoms with E-state index in [4.69, 9.17) is 10.9 Å². The summed E-state index contributed by atoms with van der Waals surface area (Å²) >= 11 is 0. The molecule has 0 aliphatic heterocycles. The number of sulfonamides is 1. The van der Waals surface area contributed by atoms with Gasteiger partial charge in [-0.15, -0.1) is 6.42 Å². The van der Waals surface area contributed by atoms with E-state index in [1.165, 1.54) is 13.8 Å². The topological polar surface area (TPSA) is 80.5 Å². The van der Waals surface area contributed by atoms with E-state index in [0.717, 1.165) is 4.31 Å². The minimum absolute atomic E-state index is 0.0998. The van der Waals surface area contributed by atoms with Gasteiger partial charge in [0, 0.05) is 5.92 Å². The van der Waals surface area contributed by atoms with Crippen molar-refractivity contribution < 1.29 is 17.7 Å². The van der Waals surface area contributed by atoms with Gasteiger partial charge < -0.3 is 4.52 Å². The molecule has 0 N–H and O–H groups in total. The monoisotopic (exact) mass is 326 g/mol. The quantitative estimate of drug-likeness (QED) is 0.792. The molecule has 0 fully saturated rings. The number of amides is 1. The number of carbonyl (C=O) groups is 1. The van der Waals surface area contributed by atoms with Crippen molar-refractivity contribution in [3.05, 3.63) is 11.5 Å². The molecule has 1 aromatic rings. The van der Waals surface area contributed by atoms with E-state index in [-0.39, 0.29) is 22.9 Å². The van der Waals surface area contributed by atoms with E-state index in [0.29, 0.717) is 0 Å². The lowest BCUT2D eigenvalue weighted by Crippen LogP contribution is -2.44. The molecule has 0 saturated heterocycles. The van der Waals surface area contributed by atoms with Crippen molar-refractivity contribution in [3.8, 4) is 12.3 Å². The summed E-state index contributed by atoms with van der Waals surface area (Å²) in [6.07, 6.45) is 5.26. The second kappa shape index (κ2) is 6.13. The molecule has 22 heavy (non-hydrogen) atoms. The average Bonchev–Trinajstić information content (AvgIpc) is 2.73. The number of rotatable bonds is 4. The Kier molecular flexibility index (Phi) is 5.08. The molecule has 0 radical (unpaired) electrons. The summed E-state index contributed by atoms with van der Waals surface area (Å²) < 4.78 is 31.2. The molecule has 1 atom stereocenters. The van der Waals surface area contributed by atoms with Crippen LogP contribution in [0.3, 0.4) is 0 Å². The fourth-order valence-electron chi connectivity index (χ4n) is 1.90. The van der Waals surface area contributed by atoms with E-state index in [9.17, 15) is 13.2 Å². The number of aromatic nitrogens is 1. The van der Waals surface area contributed by atoms with Crippen LogP contribution in [0.1, 0.15) is 39.1 Å². The van der Waals surface area contributed by atoms with Gasteiger partial charge in [-0.3, -0.25) is 4.79 Å². The predicted molar refractivity (Wildman–Crippen MR) is 82.3 cm³/mol. The van der Waals surface area contributed by atoms with Crippen LogP contribution in [0.4, 0.5) is 0 Å². The summed E-state index contributed by atoms with van der Waals surface area (Å²) in [5, 5.41) is 3.63. The van der Waals surface area contributed by atoms with Crippen molar-refractivity contribution >= 4 is 15.9 Å². The van der Waals surface area contributed by atoms with Crippen LogP contribution in [-0.4, -0.2) is 30.3 Å². The second-order valence-electron chi connectivity index (χ2n) is 6.30. The lowest BCUT2D eigenvalue weighted by atomic mass is 9.81. The fourth-order valence-corrected chi connectivity index (χ4v) is 3.57. The first-order valence-corrected chi connectivity index (χ1v) is 8.31. The Hall–Kier alpha value is -1.81. The van der Waals surface area contributed by atoms with Crippen LogP contribution in [0.25, 0.3) is 0 Å². The number of hydrogen-bond acceptors (Lipinski definition) is 5. The van der Waals surface area contributed by atoms with Crippen LogP contribution in [0, 0.1) is 37.5 Å². The summed E-state index contributed by atoms with van der Waals surface area (Å²) in [5.74, 6) is 1.32. The van der Waals surface area contributed by atoms with Crippen LogP contribution in [-0.2, 0) is 14.8 Å². The summed E-state index contributed by atoms with van der Waals surface area (Å²) in [4.78, 5) is 12.5. The van der Waals surface area contributed by atoms with Gasteiger partial charge in [0.2, 0.25) is 5.91 Å². The van der Waals surface area contributed by atoms with Crippen LogP contribution in [0.15, 0.2) is 9.42 Å². The van der Waals surface area contributed by atoms with Crippen molar-refractivity contribution in [3.63, 3.8) is 0 Å². The minimum Gasteiger partial charge on any atom is -0.360 e. The molecule has 0 aromatic carbocycles. The molecule has 0 saturated carbocycles. The Morgan fingerprint density at radius 2 is 1.95 bits per heavy atom. The molecule has 7 heteroatoms. The van der Waals surface area contributed by atoms with Crippen molar-refractivity contribution in [1.82, 2.24) is 9.46 Å². The maximum atomic E-state index is 12.8. The zero-order valence-electron chi connectivity index (χ0n) is 13.8. The zero-order chi connectivity index (χ0) is 17.3. The number of nitrogens with zero attached hydrogens (tertiary/aromatic N) is 2. The van der Waals surface area contributed by atoms with Gasteiger partial charge in [0.15, 0.2) is 10.7 Å². The van der Waals surface area contributed by atoms with Crippen LogP contribution in [0.5, 0.6) is 0 Å². The molecule has 1 rings (SSSR count). The highest BCUT2D eigenvalue weighted by Gasteiger charge is 2.39. The van der Waals surface area contributed by atoms with Crippen LogP contribution in [0.2, 0.25) is 0 Å². The molecule has 1 amide bonds. The van der Waals surface area contributed by atoms with E-state index in [1.807, 2.05) is 20.8 Å². The van der Waals surface area contributed by atoms with E-state index < -0.39 is 27.3 Å². The largest absolute Gasteiger partial charge is 0.360 e. The van der Waals surface area contributed by atoms with Crippen molar-refractivity contribution in [2.75, 3.05) is 6.54 Å². The highest BCUT2D eigenvalue weighted by atomic mass is 32.2. The minimum atomic E-state index is -4.10. The van der Waals surface area contributed by atoms with Gasteiger partial charge >= 0.3 is 0 Å². The highest BCUT2D eigenvalue weighted by molar-refractivity contribution is 7.89. The van der Waals surface area contributed by atoms with E-state index in [1.54, 1.807) is 6.92 Å².